The number of aromatic nitrogens is 12. The molecule has 0 spiro atoms. The zero-order chi connectivity index (χ0) is 56.3. The van der Waals surface area contributed by atoms with Gasteiger partial charge in [-0.3, -0.25) is 59.8 Å². The number of benzene rings is 2. The summed E-state index contributed by atoms with van der Waals surface area (Å²) in [6, 6.07) is 67.1. The molecule has 0 unspecified atom stereocenters. The number of hydrogen-bond acceptors (Lipinski definition) is 12. The Labute approximate surface area is 485 Å². The van der Waals surface area contributed by atoms with E-state index in [-0.39, 0.29) is 0 Å². The van der Waals surface area contributed by atoms with Crippen molar-refractivity contribution in [3.8, 4) is 135 Å². The van der Waals surface area contributed by atoms with Crippen molar-refractivity contribution in [1.82, 2.24) is 59.8 Å². The standard InChI is InChI=1S/2C36H24N6/c1-10-37-11-2-25(1)28-7-16-40-34(22-28)31-19-32(35-23-29(8-17-41-35)26-3-12-38-13-4-26)21-33(20-31)36-24-30(9-18-42-36)27-5-14-39-15-6-27;1-4-13-37-31(7-1)25-10-16-40-34(22-25)28-19-29(35-23-26(11-17-41-35)32-8-2-5-14-38-32)21-30(20-28)36-24-27(12-18-42-36)33-9-3-6-15-39-33/h2*1-24H. The monoisotopic (exact) mass is 1080 g/mol. The van der Waals surface area contributed by atoms with Crippen LogP contribution in [-0.4, -0.2) is 59.8 Å². The molecule has 0 atom stereocenters. The molecule has 14 aromatic rings. The Morgan fingerprint density at radius 2 is 0.333 bits per heavy atom. The van der Waals surface area contributed by atoms with Gasteiger partial charge >= 0.3 is 0 Å². The summed E-state index contributed by atoms with van der Waals surface area (Å²) in [4.78, 5) is 54.6. The predicted octanol–water partition coefficient (Wildman–Crippen LogP) is 16.1. The highest BCUT2D eigenvalue weighted by Crippen LogP contribution is 2.37. The second-order valence-corrected chi connectivity index (χ2v) is 19.5. The Morgan fingerprint density at radius 1 is 0.131 bits per heavy atom. The van der Waals surface area contributed by atoms with E-state index in [0.29, 0.717) is 0 Å². The van der Waals surface area contributed by atoms with Gasteiger partial charge in [-0.05, 0) is 215 Å². The molecule has 12 heteroatoms. The molecule has 14 rings (SSSR count). The molecule has 0 amide bonds. The molecule has 0 fully saturated rings. The van der Waals surface area contributed by atoms with Gasteiger partial charge in [0.1, 0.15) is 0 Å². The number of hydrogen-bond donors (Lipinski definition) is 0. The number of pyridine rings is 12. The Bertz CT molecular complexity index is 3760. The molecule has 0 aliphatic rings. The number of rotatable bonds is 12. The minimum Gasteiger partial charge on any atom is -0.265 e. The van der Waals surface area contributed by atoms with Gasteiger partial charge in [0.05, 0.1) is 51.2 Å². The van der Waals surface area contributed by atoms with E-state index in [2.05, 4.69) is 103 Å². The lowest BCUT2D eigenvalue weighted by Gasteiger charge is -2.12. The maximum atomic E-state index is 4.76. The van der Waals surface area contributed by atoms with E-state index in [9.17, 15) is 0 Å². The van der Waals surface area contributed by atoms with Gasteiger partial charge < -0.3 is 0 Å². The lowest BCUT2D eigenvalue weighted by atomic mass is 9.96. The zero-order valence-electron chi connectivity index (χ0n) is 45.1. The van der Waals surface area contributed by atoms with Crippen LogP contribution in [0.2, 0.25) is 0 Å². The van der Waals surface area contributed by atoms with Crippen LogP contribution in [0, 0.1) is 0 Å². The second kappa shape index (κ2) is 24.3. The first kappa shape index (κ1) is 51.7. The summed E-state index contributed by atoms with van der Waals surface area (Å²) in [7, 11) is 0. The molecular formula is C72H48N12. The van der Waals surface area contributed by atoms with E-state index < -0.39 is 0 Å². The highest BCUT2D eigenvalue weighted by Gasteiger charge is 2.16. The first-order valence-corrected chi connectivity index (χ1v) is 27.1. The third-order valence-corrected chi connectivity index (χ3v) is 14.1. The minimum absolute atomic E-state index is 0.836. The third-order valence-electron chi connectivity index (χ3n) is 14.1. The lowest BCUT2D eigenvalue weighted by molar-refractivity contribution is 1.27. The van der Waals surface area contributed by atoms with Gasteiger partial charge in [-0.2, -0.15) is 0 Å². The largest absolute Gasteiger partial charge is 0.265 e. The van der Waals surface area contributed by atoms with Crippen LogP contribution in [0.1, 0.15) is 0 Å². The normalized spacial score (nSPS) is 10.9. The molecule has 12 heterocycles. The van der Waals surface area contributed by atoms with Crippen molar-refractivity contribution in [2.45, 2.75) is 0 Å². The fourth-order valence-corrected chi connectivity index (χ4v) is 9.92. The molecule has 0 radical (unpaired) electrons. The summed E-state index contributed by atoms with van der Waals surface area (Å²) in [5, 5.41) is 0. The van der Waals surface area contributed by atoms with Gasteiger partial charge in [0.15, 0.2) is 0 Å². The molecule has 0 aliphatic carbocycles. The van der Waals surface area contributed by atoms with Crippen molar-refractivity contribution in [1.29, 1.82) is 0 Å². The highest BCUT2D eigenvalue weighted by atomic mass is 14.7. The van der Waals surface area contributed by atoms with Crippen molar-refractivity contribution in [3.05, 3.63) is 293 Å². The van der Waals surface area contributed by atoms with E-state index in [1.54, 1.807) is 55.8 Å². The van der Waals surface area contributed by atoms with Crippen LogP contribution in [0.15, 0.2) is 293 Å². The van der Waals surface area contributed by atoms with Gasteiger partial charge in [0, 0.05) is 143 Å². The molecule has 0 saturated heterocycles. The second-order valence-electron chi connectivity index (χ2n) is 19.5. The van der Waals surface area contributed by atoms with Gasteiger partial charge in [-0.1, -0.05) is 18.2 Å². The molecule has 0 saturated carbocycles. The van der Waals surface area contributed by atoms with E-state index in [1.807, 2.05) is 165 Å². The van der Waals surface area contributed by atoms with Gasteiger partial charge in [0.2, 0.25) is 0 Å². The molecule has 0 aliphatic heterocycles. The van der Waals surface area contributed by atoms with Gasteiger partial charge in [0.25, 0.3) is 0 Å². The summed E-state index contributed by atoms with van der Waals surface area (Å²) in [5.41, 5.74) is 23.1. The summed E-state index contributed by atoms with van der Waals surface area (Å²) in [6.07, 6.45) is 27.2. The fourth-order valence-electron chi connectivity index (χ4n) is 9.92. The van der Waals surface area contributed by atoms with Crippen molar-refractivity contribution in [2.24, 2.45) is 0 Å². The summed E-state index contributed by atoms with van der Waals surface area (Å²) < 4.78 is 0. The van der Waals surface area contributed by atoms with Crippen molar-refractivity contribution in [2.75, 3.05) is 0 Å². The van der Waals surface area contributed by atoms with Crippen LogP contribution in [0.25, 0.3) is 135 Å². The van der Waals surface area contributed by atoms with E-state index in [1.165, 1.54) is 0 Å². The van der Waals surface area contributed by atoms with E-state index in [0.717, 1.165) is 135 Å². The molecule has 396 valence electrons. The van der Waals surface area contributed by atoms with Crippen LogP contribution in [-0.2, 0) is 0 Å². The van der Waals surface area contributed by atoms with Crippen molar-refractivity contribution < 1.29 is 0 Å². The molecule has 0 N–H and O–H groups in total. The third kappa shape index (κ3) is 11.9. The lowest BCUT2D eigenvalue weighted by Crippen LogP contribution is -1.93. The first-order chi connectivity index (χ1) is 41.6. The first-order valence-electron chi connectivity index (χ1n) is 27.1. The predicted molar refractivity (Wildman–Crippen MR) is 332 cm³/mol. The molecule has 12 nitrogen and oxygen atoms in total. The Morgan fingerprint density at radius 3 is 0.560 bits per heavy atom. The summed E-state index contributed by atoms with van der Waals surface area (Å²) >= 11 is 0. The smallest absolute Gasteiger partial charge is 0.0709 e. The maximum absolute atomic E-state index is 4.76. The van der Waals surface area contributed by atoms with Crippen LogP contribution in [0.5, 0.6) is 0 Å². The average molecular weight is 1080 g/mol. The molecular weight excluding hydrogens is 1030 g/mol. The summed E-state index contributed by atoms with van der Waals surface area (Å²) in [5.74, 6) is 0. The topological polar surface area (TPSA) is 155 Å². The minimum atomic E-state index is 0.836. The van der Waals surface area contributed by atoms with Crippen LogP contribution in [0.3, 0.4) is 0 Å². The molecule has 12 aromatic heterocycles. The van der Waals surface area contributed by atoms with Crippen LogP contribution < -0.4 is 0 Å². The maximum Gasteiger partial charge on any atom is 0.0709 e. The van der Waals surface area contributed by atoms with Gasteiger partial charge in [-0.15, -0.1) is 0 Å². The van der Waals surface area contributed by atoms with Gasteiger partial charge in [-0.25, -0.2) is 0 Å². The summed E-state index contributed by atoms with van der Waals surface area (Å²) in [6.45, 7) is 0. The van der Waals surface area contributed by atoms with E-state index >= 15 is 0 Å². The average Bonchev–Trinajstić information content (AvgIpc) is 3.71. The fraction of sp³-hybridized carbons (Fsp3) is 0. The quantitative estimate of drug-likeness (QED) is 0.114. The SMILES string of the molecule is c1cc(-c2ccnc(-c3cc(-c4cc(-c5ccncc5)ccn4)cc(-c4cc(-c5ccncc5)ccn4)c3)c2)ccn1.c1ccc(-c2ccnc(-c3cc(-c4cc(-c5ccccn5)ccn4)cc(-c4cc(-c5ccccn5)ccn4)c3)c2)nc1. The van der Waals surface area contributed by atoms with E-state index in [4.69, 9.17) is 29.9 Å². The zero-order valence-corrected chi connectivity index (χ0v) is 45.1. The van der Waals surface area contributed by atoms with Crippen LogP contribution >= 0.6 is 0 Å². The molecule has 84 heavy (non-hydrogen) atoms. The van der Waals surface area contributed by atoms with Crippen LogP contribution in [0.4, 0.5) is 0 Å². The Hall–Kier alpha value is -11.8. The molecule has 2 aromatic carbocycles. The van der Waals surface area contributed by atoms with Crippen molar-refractivity contribution >= 4 is 0 Å². The Balaban J connectivity index is 0.000000157. The number of nitrogens with zero attached hydrogens (tertiary/aromatic N) is 12. The Kier molecular flexibility index (Phi) is 15.0. The highest BCUT2D eigenvalue weighted by molar-refractivity contribution is 5.84. The van der Waals surface area contributed by atoms with Crippen molar-refractivity contribution in [3.63, 3.8) is 0 Å². The molecule has 0 bridgehead atoms.